The van der Waals surface area contributed by atoms with E-state index in [9.17, 15) is 4.79 Å². The van der Waals surface area contributed by atoms with Gasteiger partial charge in [0, 0.05) is 0 Å². The quantitative estimate of drug-likeness (QED) is 0.804. The number of aromatic nitrogens is 2. The van der Waals surface area contributed by atoms with Crippen molar-refractivity contribution in [3.05, 3.63) is 34.3 Å². The molecule has 1 heterocycles. The predicted octanol–water partition coefficient (Wildman–Crippen LogP) is 3.12. The third-order valence-electron chi connectivity index (χ3n) is 2.40. The molecule has 1 aromatic heterocycles. The summed E-state index contributed by atoms with van der Waals surface area (Å²) in [6.45, 7) is 5.98. The zero-order valence-corrected chi connectivity index (χ0v) is 11.8. The second kappa shape index (κ2) is 5.79. The number of carbonyl (C=O) groups is 1. The molecule has 6 heteroatoms. The van der Waals surface area contributed by atoms with E-state index in [1.54, 1.807) is 6.92 Å². The molecule has 0 atom stereocenters. The van der Waals surface area contributed by atoms with Crippen LogP contribution in [0.3, 0.4) is 0 Å². The van der Waals surface area contributed by atoms with Gasteiger partial charge in [-0.15, -0.1) is 5.10 Å². The molecule has 0 amide bonds. The number of hydrogen-bond donors (Lipinski definition) is 0. The SMILES string of the molecule is CCOC(=O)c1nnc(Oc2cc(C)ccc2C)s1. The lowest BCUT2D eigenvalue weighted by molar-refractivity contribution is 0.0525. The molecule has 0 saturated carbocycles. The van der Waals surface area contributed by atoms with Gasteiger partial charge in [-0.2, -0.15) is 0 Å². The van der Waals surface area contributed by atoms with Crippen LogP contribution in [0.15, 0.2) is 18.2 Å². The van der Waals surface area contributed by atoms with Crippen LogP contribution in [0.2, 0.25) is 0 Å². The van der Waals surface area contributed by atoms with Crippen LogP contribution in [-0.4, -0.2) is 22.8 Å². The van der Waals surface area contributed by atoms with Crippen LogP contribution in [0.1, 0.15) is 27.9 Å². The lowest BCUT2D eigenvalue weighted by atomic mass is 10.1. The lowest BCUT2D eigenvalue weighted by Gasteiger charge is -2.05. The minimum atomic E-state index is -0.476. The number of nitrogens with zero attached hydrogens (tertiary/aromatic N) is 2. The first-order chi connectivity index (χ1) is 9.10. The van der Waals surface area contributed by atoms with Crippen LogP contribution >= 0.6 is 11.3 Å². The molecule has 0 aliphatic carbocycles. The molecule has 0 radical (unpaired) electrons. The molecule has 1 aromatic carbocycles. The molecule has 2 rings (SSSR count). The Hall–Kier alpha value is -1.95. The van der Waals surface area contributed by atoms with E-state index in [0.29, 0.717) is 17.6 Å². The topological polar surface area (TPSA) is 61.3 Å². The molecule has 0 aliphatic heterocycles. The van der Waals surface area contributed by atoms with Gasteiger partial charge in [-0.05, 0) is 49.3 Å². The second-order valence-electron chi connectivity index (χ2n) is 3.96. The fraction of sp³-hybridized carbons (Fsp3) is 0.308. The summed E-state index contributed by atoms with van der Waals surface area (Å²) in [4.78, 5) is 11.5. The van der Waals surface area contributed by atoms with E-state index < -0.39 is 5.97 Å². The molecule has 0 fully saturated rings. The van der Waals surface area contributed by atoms with Gasteiger partial charge in [-0.3, -0.25) is 0 Å². The second-order valence-corrected chi connectivity index (χ2v) is 4.90. The van der Waals surface area contributed by atoms with Crippen LogP contribution in [0.25, 0.3) is 0 Å². The van der Waals surface area contributed by atoms with Gasteiger partial charge in [0.25, 0.3) is 5.19 Å². The highest BCUT2D eigenvalue weighted by Gasteiger charge is 2.15. The highest BCUT2D eigenvalue weighted by molar-refractivity contribution is 7.14. The molecule has 0 bridgehead atoms. The van der Waals surface area contributed by atoms with Gasteiger partial charge in [-0.1, -0.05) is 17.2 Å². The zero-order valence-electron chi connectivity index (χ0n) is 11.0. The van der Waals surface area contributed by atoms with Gasteiger partial charge < -0.3 is 9.47 Å². The molecule has 5 nitrogen and oxygen atoms in total. The molecular formula is C13H14N2O3S. The summed E-state index contributed by atoms with van der Waals surface area (Å²) in [7, 11) is 0. The van der Waals surface area contributed by atoms with Crippen LogP contribution in [0, 0.1) is 13.8 Å². The van der Waals surface area contributed by atoms with Crippen molar-refractivity contribution in [1.82, 2.24) is 10.2 Å². The number of esters is 1. The predicted molar refractivity (Wildman–Crippen MR) is 71.9 cm³/mol. The van der Waals surface area contributed by atoms with Crippen LogP contribution < -0.4 is 4.74 Å². The van der Waals surface area contributed by atoms with Crippen molar-refractivity contribution in [2.75, 3.05) is 6.61 Å². The maximum Gasteiger partial charge on any atom is 0.369 e. The molecule has 0 unspecified atom stereocenters. The number of aryl methyl sites for hydroxylation is 2. The number of carbonyl (C=O) groups excluding carboxylic acids is 1. The molecule has 0 spiro atoms. The fourth-order valence-electron chi connectivity index (χ4n) is 1.44. The highest BCUT2D eigenvalue weighted by atomic mass is 32.1. The normalized spacial score (nSPS) is 10.3. The van der Waals surface area contributed by atoms with E-state index in [2.05, 4.69) is 10.2 Å². The van der Waals surface area contributed by atoms with E-state index in [1.807, 2.05) is 32.0 Å². The Morgan fingerprint density at radius 3 is 2.84 bits per heavy atom. The Balaban J connectivity index is 2.15. The monoisotopic (exact) mass is 278 g/mol. The van der Waals surface area contributed by atoms with Crippen LogP contribution in [-0.2, 0) is 4.74 Å². The Labute approximate surface area is 115 Å². The van der Waals surface area contributed by atoms with E-state index >= 15 is 0 Å². The van der Waals surface area contributed by atoms with Crippen molar-refractivity contribution in [1.29, 1.82) is 0 Å². The number of benzene rings is 1. The van der Waals surface area contributed by atoms with E-state index in [1.165, 1.54) is 0 Å². The Morgan fingerprint density at radius 1 is 1.32 bits per heavy atom. The summed E-state index contributed by atoms with van der Waals surface area (Å²) in [5.41, 5.74) is 2.09. The summed E-state index contributed by atoms with van der Waals surface area (Å²) >= 11 is 1.07. The van der Waals surface area contributed by atoms with Crippen LogP contribution in [0.5, 0.6) is 10.9 Å². The van der Waals surface area contributed by atoms with Crippen LogP contribution in [0.4, 0.5) is 0 Å². The molecule has 0 N–H and O–H groups in total. The Bertz CT molecular complexity index is 595. The van der Waals surface area contributed by atoms with E-state index in [4.69, 9.17) is 9.47 Å². The molecule has 0 aliphatic rings. The van der Waals surface area contributed by atoms with Crippen molar-refractivity contribution in [2.24, 2.45) is 0 Å². The summed E-state index contributed by atoms with van der Waals surface area (Å²) < 4.78 is 10.5. The van der Waals surface area contributed by atoms with Crippen molar-refractivity contribution in [3.63, 3.8) is 0 Å². The summed E-state index contributed by atoms with van der Waals surface area (Å²) in [5, 5.41) is 8.11. The maximum atomic E-state index is 11.5. The lowest BCUT2D eigenvalue weighted by Crippen LogP contribution is -2.03. The first-order valence-corrected chi connectivity index (χ1v) is 6.67. The minimum absolute atomic E-state index is 0.196. The number of hydrogen-bond acceptors (Lipinski definition) is 6. The standard InChI is InChI=1S/C13H14N2O3S/c1-4-17-12(16)11-14-15-13(19-11)18-10-7-8(2)5-6-9(10)3/h5-7H,4H2,1-3H3. The van der Waals surface area contributed by atoms with Crippen molar-refractivity contribution in [3.8, 4) is 10.9 Å². The molecule has 100 valence electrons. The molecule has 0 saturated heterocycles. The van der Waals surface area contributed by atoms with E-state index in [-0.39, 0.29) is 5.01 Å². The van der Waals surface area contributed by atoms with Gasteiger partial charge in [0.1, 0.15) is 5.75 Å². The third kappa shape index (κ3) is 3.29. The molecule has 19 heavy (non-hydrogen) atoms. The highest BCUT2D eigenvalue weighted by Crippen LogP contribution is 2.28. The third-order valence-corrected chi connectivity index (χ3v) is 3.18. The van der Waals surface area contributed by atoms with Gasteiger partial charge in [0.15, 0.2) is 0 Å². The molecule has 2 aromatic rings. The zero-order chi connectivity index (χ0) is 13.8. The first-order valence-electron chi connectivity index (χ1n) is 5.86. The Kier molecular flexibility index (Phi) is 4.11. The summed E-state index contributed by atoms with van der Waals surface area (Å²) in [6, 6.07) is 5.89. The van der Waals surface area contributed by atoms with E-state index in [0.717, 1.165) is 22.5 Å². The first kappa shape index (κ1) is 13.5. The van der Waals surface area contributed by atoms with Gasteiger partial charge in [-0.25, -0.2) is 4.79 Å². The maximum absolute atomic E-state index is 11.5. The van der Waals surface area contributed by atoms with Gasteiger partial charge in [0.05, 0.1) is 6.61 Å². The van der Waals surface area contributed by atoms with Crippen molar-refractivity contribution < 1.29 is 14.3 Å². The van der Waals surface area contributed by atoms with Crippen molar-refractivity contribution >= 4 is 17.3 Å². The summed E-state index contributed by atoms with van der Waals surface area (Å²) in [5.74, 6) is 0.238. The fourth-order valence-corrected chi connectivity index (χ4v) is 2.04. The smallest absolute Gasteiger partial charge is 0.369 e. The summed E-state index contributed by atoms with van der Waals surface area (Å²) in [6.07, 6.45) is 0. The number of rotatable bonds is 4. The largest absolute Gasteiger partial charge is 0.461 e. The molecular weight excluding hydrogens is 264 g/mol. The Morgan fingerprint density at radius 2 is 2.11 bits per heavy atom. The number of ether oxygens (including phenoxy) is 2. The average Bonchev–Trinajstić information content (AvgIpc) is 2.83. The van der Waals surface area contributed by atoms with Gasteiger partial charge >= 0.3 is 5.97 Å². The average molecular weight is 278 g/mol. The minimum Gasteiger partial charge on any atom is -0.461 e. The van der Waals surface area contributed by atoms with Crippen molar-refractivity contribution in [2.45, 2.75) is 20.8 Å². The van der Waals surface area contributed by atoms with Gasteiger partial charge in [0.2, 0.25) is 5.01 Å².